The molecule has 1 aromatic carbocycles. The fourth-order valence-corrected chi connectivity index (χ4v) is 2.21. The molecule has 3 nitrogen and oxygen atoms in total. The Bertz CT molecular complexity index is 773. The Morgan fingerprint density at radius 1 is 1.27 bits per heavy atom. The number of ether oxygens (including phenoxy) is 1. The largest absolute Gasteiger partial charge is 0.494 e. The number of hydrogen-bond donors (Lipinski definition) is 1. The van der Waals surface area contributed by atoms with Crippen molar-refractivity contribution >= 4 is 12.2 Å². The van der Waals surface area contributed by atoms with Crippen LogP contribution in [0.4, 0.5) is 13.2 Å². The highest BCUT2D eigenvalue weighted by molar-refractivity contribution is 7.71. The Morgan fingerprint density at radius 2 is 1.91 bits per heavy atom. The van der Waals surface area contributed by atoms with Crippen LogP contribution in [0.5, 0.6) is 5.75 Å². The average Bonchev–Trinajstić information content (AvgIpc) is 2.46. The van der Waals surface area contributed by atoms with Crippen LogP contribution < -0.4 is 4.74 Å². The van der Waals surface area contributed by atoms with E-state index in [1.54, 1.807) is 24.3 Å². The molecule has 1 heterocycles. The average molecular weight is 324 g/mol. The van der Waals surface area contributed by atoms with Gasteiger partial charge in [0.15, 0.2) is 0 Å². The van der Waals surface area contributed by atoms with Crippen LogP contribution >= 0.6 is 12.2 Å². The Hall–Kier alpha value is -2.33. The van der Waals surface area contributed by atoms with Crippen LogP contribution in [-0.4, -0.2) is 11.6 Å². The maximum Gasteiger partial charge on any atom is 0.431 e. The second kappa shape index (κ2) is 6.20. The number of nitrogens with one attached hydrogen (secondary N) is 1. The van der Waals surface area contributed by atoms with Gasteiger partial charge in [0.2, 0.25) is 0 Å². The molecular weight excluding hydrogens is 313 g/mol. The Labute approximate surface area is 130 Å². The molecule has 1 N–H and O–H groups in total. The summed E-state index contributed by atoms with van der Waals surface area (Å²) in [6.45, 7) is 2.31. The van der Waals surface area contributed by atoms with E-state index in [0.29, 0.717) is 17.9 Å². The molecule has 0 radical (unpaired) electrons. The quantitative estimate of drug-likeness (QED) is 0.833. The van der Waals surface area contributed by atoms with E-state index in [4.69, 9.17) is 22.2 Å². The first-order valence-electron chi connectivity index (χ1n) is 6.34. The standard InChI is InChI=1S/C15H11F3N2OS/c1-2-21-10-5-3-9(4-6-10)11-7-13(15(16,17)18)20-14(22)12(11)8-19/h3-7H,2H2,1H3,(H,20,22). The van der Waals surface area contributed by atoms with Gasteiger partial charge in [0, 0.05) is 5.56 Å². The van der Waals surface area contributed by atoms with Gasteiger partial charge in [-0.2, -0.15) is 18.4 Å². The lowest BCUT2D eigenvalue weighted by atomic mass is 10.0. The fourth-order valence-electron chi connectivity index (χ4n) is 1.95. The highest BCUT2D eigenvalue weighted by Gasteiger charge is 2.32. The number of rotatable bonds is 3. The predicted molar refractivity (Wildman–Crippen MR) is 77.9 cm³/mol. The molecule has 0 atom stereocenters. The van der Waals surface area contributed by atoms with Gasteiger partial charge in [0.25, 0.3) is 0 Å². The molecule has 0 amide bonds. The van der Waals surface area contributed by atoms with Crippen molar-refractivity contribution in [2.24, 2.45) is 0 Å². The minimum Gasteiger partial charge on any atom is -0.494 e. The second-order valence-corrected chi connectivity index (χ2v) is 4.78. The number of hydrogen-bond acceptors (Lipinski definition) is 3. The van der Waals surface area contributed by atoms with E-state index >= 15 is 0 Å². The third kappa shape index (κ3) is 3.28. The van der Waals surface area contributed by atoms with E-state index in [9.17, 15) is 13.2 Å². The number of alkyl halides is 3. The maximum atomic E-state index is 12.9. The van der Waals surface area contributed by atoms with Crippen LogP contribution in [0.15, 0.2) is 30.3 Å². The molecule has 0 saturated heterocycles. The molecule has 0 aliphatic carbocycles. The minimum absolute atomic E-state index is 0.00663. The lowest BCUT2D eigenvalue weighted by molar-refractivity contribution is -0.141. The van der Waals surface area contributed by atoms with Crippen molar-refractivity contribution in [1.82, 2.24) is 4.98 Å². The molecule has 0 aliphatic rings. The monoisotopic (exact) mass is 324 g/mol. The SMILES string of the molecule is CCOc1ccc(-c2cc(C(F)(F)F)[nH]c(=S)c2C#N)cc1. The number of benzene rings is 1. The van der Waals surface area contributed by atoms with Gasteiger partial charge in [0.1, 0.15) is 22.2 Å². The number of halogens is 3. The third-order valence-electron chi connectivity index (χ3n) is 2.93. The minimum atomic E-state index is -4.57. The smallest absolute Gasteiger partial charge is 0.431 e. The summed E-state index contributed by atoms with van der Waals surface area (Å²) in [6, 6.07) is 9.19. The van der Waals surface area contributed by atoms with E-state index in [1.165, 1.54) is 0 Å². The number of H-pyrrole nitrogens is 1. The topological polar surface area (TPSA) is 48.8 Å². The summed E-state index contributed by atoms with van der Waals surface area (Å²) in [4.78, 5) is 2.05. The molecule has 2 aromatic rings. The Balaban J connectivity index is 2.60. The van der Waals surface area contributed by atoms with Crippen molar-refractivity contribution in [3.63, 3.8) is 0 Å². The zero-order valence-corrected chi connectivity index (χ0v) is 12.3. The Morgan fingerprint density at radius 3 is 2.41 bits per heavy atom. The number of pyridine rings is 1. The number of aromatic nitrogens is 1. The van der Waals surface area contributed by atoms with Crippen molar-refractivity contribution in [1.29, 1.82) is 5.26 Å². The summed E-state index contributed by atoms with van der Waals surface area (Å²) in [5.74, 6) is 0.599. The summed E-state index contributed by atoms with van der Waals surface area (Å²) < 4.78 is 43.7. The van der Waals surface area contributed by atoms with Crippen LogP contribution in [0.3, 0.4) is 0 Å². The van der Waals surface area contributed by atoms with Crippen molar-refractivity contribution in [2.45, 2.75) is 13.1 Å². The van der Waals surface area contributed by atoms with Crippen molar-refractivity contribution in [3.8, 4) is 22.9 Å². The summed E-state index contributed by atoms with van der Waals surface area (Å²) in [5, 5.41) is 9.15. The summed E-state index contributed by atoms with van der Waals surface area (Å²) >= 11 is 4.86. The number of aromatic amines is 1. The highest BCUT2D eigenvalue weighted by atomic mass is 32.1. The summed E-state index contributed by atoms with van der Waals surface area (Å²) in [6.07, 6.45) is -4.57. The van der Waals surface area contributed by atoms with E-state index in [2.05, 4.69) is 4.98 Å². The molecule has 0 fully saturated rings. The summed E-state index contributed by atoms with van der Waals surface area (Å²) in [5.41, 5.74) is -0.375. The molecule has 0 bridgehead atoms. The van der Waals surface area contributed by atoms with E-state index in [1.807, 2.05) is 13.0 Å². The molecule has 7 heteroatoms. The lowest BCUT2D eigenvalue weighted by Crippen LogP contribution is -2.09. The number of nitriles is 1. The first-order chi connectivity index (χ1) is 10.4. The van der Waals surface area contributed by atoms with Crippen LogP contribution in [0.25, 0.3) is 11.1 Å². The van der Waals surface area contributed by atoms with E-state index in [-0.39, 0.29) is 15.8 Å². The molecular formula is C15H11F3N2OS. The van der Waals surface area contributed by atoms with Gasteiger partial charge in [-0.1, -0.05) is 24.4 Å². The zero-order valence-electron chi connectivity index (χ0n) is 11.5. The van der Waals surface area contributed by atoms with Gasteiger partial charge >= 0.3 is 6.18 Å². The summed E-state index contributed by atoms with van der Waals surface area (Å²) in [7, 11) is 0. The predicted octanol–water partition coefficient (Wildman–Crippen LogP) is 4.70. The molecule has 22 heavy (non-hydrogen) atoms. The number of nitrogens with zero attached hydrogens (tertiary/aromatic N) is 1. The normalized spacial score (nSPS) is 11.0. The molecule has 2 rings (SSSR count). The highest BCUT2D eigenvalue weighted by Crippen LogP contribution is 2.33. The van der Waals surface area contributed by atoms with Gasteiger partial charge in [-0.05, 0) is 30.7 Å². The van der Waals surface area contributed by atoms with E-state index < -0.39 is 11.9 Å². The van der Waals surface area contributed by atoms with Crippen molar-refractivity contribution < 1.29 is 17.9 Å². The first-order valence-corrected chi connectivity index (χ1v) is 6.75. The Kier molecular flexibility index (Phi) is 4.52. The van der Waals surface area contributed by atoms with Gasteiger partial charge in [-0.3, -0.25) is 0 Å². The molecule has 0 unspecified atom stereocenters. The van der Waals surface area contributed by atoms with Gasteiger partial charge in [0.05, 0.1) is 12.2 Å². The van der Waals surface area contributed by atoms with Gasteiger partial charge in [-0.25, -0.2) is 0 Å². The van der Waals surface area contributed by atoms with Crippen LogP contribution in [0.1, 0.15) is 18.2 Å². The van der Waals surface area contributed by atoms with E-state index in [0.717, 1.165) is 6.07 Å². The molecule has 0 aliphatic heterocycles. The molecule has 0 spiro atoms. The molecule has 0 saturated carbocycles. The lowest BCUT2D eigenvalue weighted by Gasteiger charge is -2.11. The first kappa shape index (κ1) is 16.0. The zero-order chi connectivity index (χ0) is 16.3. The van der Waals surface area contributed by atoms with Crippen LogP contribution in [0, 0.1) is 16.0 Å². The fraction of sp³-hybridized carbons (Fsp3) is 0.200. The van der Waals surface area contributed by atoms with Crippen LogP contribution in [0.2, 0.25) is 0 Å². The van der Waals surface area contributed by atoms with Crippen molar-refractivity contribution in [2.75, 3.05) is 6.61 Å². The third-order valence-corrected chi connectivity index (χ3v) is 3.23. The van der Waals surface area contributed by atoms with Crippen LogP contribution in [-0.2, 0) is 6.18 Å². The maximum absolute atomic E-state index is 12.9. The molecule has 1 aromatic heterocycles. The van der Waals surface area contributed by atoms with Gasteiger partial charge in [-0.15, -0.1) is 0 Å². The second-order valence-electron chi connectivity index (χ2n) is 4.37. The van der Waals surface area contributed by atoms with Crippen molar-refractivity contribution in [3.05, 3.63) is 46.2 Å². The van der Waals surface area contributed by atoms with Gasteiger partial charge < -0.3 is 9.72 Å². The molecule has 114 valence electrons.